The molecule has 2 aromatic rings. The monoisotopic (exact) mass is 404 g/mol. The number of sulfone groups is 1. The minimum absolute atomic E-state index is 0.253. The summed E-state index contributed by atoms with van der Waals surface area (Å²) in [6, 6.07) is 8.39. The van der Waals surface area contributed by atoms with Crippen LogP contribution < -0.4 is 9.47 Å². The summed E-state index contributed by atoms with van der Waals surface area (Å²) in [5, 5.41) is 11.6. The van der Waals surface area contributed by atoms with E-state index in [2.05, 4.69) is 11.9 Å². The lowest BCUT2D eigenvalue weighted by molar-refractivity contribution is -0.685. The van der Waals surface area contributed by atoms with Crippen LogP contribution in [0.3, 0.4) is 0 Å². The molecule has 0 amide bonds. The zero-order valence-corrected chi connectivity index (χ0v) is 17.5. The lowest BCUT2D eigenvalue weighted by Gasteiger charge is -2.28. The van der Waals surface area contributed by atoms with Crippen molar-refractivity contribution in [3.8, 4) is 0 Å². The zero-order chi connectivity index (χ0) is 20.2. The molecule has 28 heavy (non-hydrogen) atoms. The Balaban J connectivity index is 1.81. The highest BCUT2D eigenvalue weighted by molar-refractivity contribution is 7.90. The van der Waals surface area contributed by atoms with E-state index < -0.39 is 15.6 Å². The van der Waals surface area contributed by atoms with E-state index >= 15 is 0 Å². The summed E-state index contributed by atoms with van der Waals surface area (Å²) in [6.45, 7) is 3.27. The van der Waals surface area contributed by atoms with E-state index in [4.69, 9.17) is 0 Å². The number of nitrogens with zero attached hydrogens (tertiary/aromatic N) is 3. The molecule has 7 heteroatoms. The van der Waals surface area contributed by atoms with Crippen molar-refractivity contribution >= 4 is 15.8 Å². The molecule has 6 nitrogen and oxygen atoms in total. The van der Waals surface area contributed by atoms with Crippen LogP contribution >= 0.6 is 0 Å². The van der Waals surface area contributed by atoms with Gasteiger partial charge in [0, 0.05) is 17.9 Å². The Morgan fingerprint density at radius 1 is 1.14 bits per heavy atom. The van der Waals surface area contributed by atoms with Crippen molar-refractivity contribution in [1.82, 2.24) is 4.98 Å². The number of unbranched alkanes of at least 4 members (excludes halogenated alkanes) is 5. The Kier molecular flexibility index (Phi) is 6.35. The second-order valence-corrected chi connectivity index (χ2v) is 9.60. The normalized spacial score (nSPS) is 19.0. The van der Waals surface area contributed by atoms with Crippen LogP contribution in [0.5, 0.6) is 0 Å². The number of hydrogen-bond acceptors (Lipinski definition) is 5. The van der Waals surface area contributed by atoms with Gasteiger partial charge in [0.1, 0.15) is 12.7 Å². The number of hydrogen-bond donors (Lipinski definition) is 1. The van der Waals surface area contributed by atoms with Crippen molar-refractivity contribution in [2.75, 3.05) is 17.7 Å². The molecule has 1 aliphatic heterocycles. The summed E-state index contributed by atoms with van der Waals surface area (Å²) in [6.07, 6.45) is 11.9. The van der Waals surface area contributed by atoms with Gasteiger partial charge in [0.05, 0.1) is 17.6 Å². The fourth-order valence-corrected chi connectivity index (χ4v) is 4.41. The number of rotatable bonds is 9. The Bertz CT molecular complexity index is 899. The van der Waals surface area contributed by atoms with Gasteiger partial charge in [-0.15, -0.1) is 0 Å². The van der Waals surface area contributed by atoms with E-state index in [1.807, 2.05) is 21.7 Å². The molecule has 0 bridgehead atoms. The van der Waals surface area contributed by atoms with Crippen molar-refractivity contribution in [2.45, 2.75) is 62.6 Å². The number of benzene rings is 1. The van der Waals surface area contributed by atoms with Crippen molar-refractivity contribution in [1.29, 1.82) is 0 Å². The van der Waals surface area contributed by atoms with Crippen LogP contribution in [0.15, 0.2) is 47.6 Å². The van der Waals surface area contributed by atoms with Crippen LogP contribution in [0.25, 0.3) is 0 Å². The molecule has 0 radical (unpaired) electrons. The SMILES string of the molecule is CCCCCCCCN1c2nccc[n+]2CC1(O)c1ccc(S(C)(=O)=O)cc1. The van der Waals surface area contributed by atoms with E-state index in [1.54, 1.807) is 30.5 Å². The van der Waals surface area contributed by atoms with Crippen LogP contribution in [0, 0.1) is 0 Å². The third-order valence-electron chi connectivity index (χ3n) is 5.36. The highest BCUT2D eigenvalue weighted by Gasteiger charge is 2.51. The van der Waals surface area contributed by atoms with Gasteiger partial charge < -0.3 is 5.11 Å². The van der Waals surface area contributed by atoms with Gasteiger partial charge in [-0.05, 0) is 18.6 Å². The van der Waals surface area contributed by atoms with Gasteiger partial charge in [-0.2, -0.15) is 0 Å². The number of aliphatic hydroxyl groups is 1. The highest BCUT2D eigenvalue weighted by Crippen LogP contribution is 2.34. The Labute approximate surface area is 167 Å². The second kappa shape index (κ2) is 8.57. The average molecular weight is 405 g/mol. The van der Waals surface area contributed by atoms with Gasteiger partial charge in [0.25, 0.3) is 0 Å². The molecule has 0 fully saturated rings. The van der Waals surface area contributed by atoms with E-state index in [-0.39, 0.29) is 4.90 Å². The van der Waals surface area contributed by atoms with Crippen molar-refractivity contribution < 1.29 is 18.1 Å². The Morgan fingerprint density at radius 3 is 2.50 bits per heavy atom. The van der Waals surface area contributed by atoms with Crippen LogP contribution in [-0.4, -0.2) is 31.3 Å². The Hall–Kier alpha value is -1.99. The molecule has 3 rings (SSSR count). The Morgan fingerprint density at radius 2 is 1.82 bits per heavy atom. The van der Waals surface area contributed by atoms with Gasteiger partial charge in [-0.3, -0.25) is 0 Å². The zero-order valence-electron chi connectivity index (χ0n) is 16.7. The topological polar surface area (TPSA) is 74.4 Å². The molecule has 1 aromatic heterocycles. The summed E-state index contributed by atoms with van der Waals surface area (Å²) >= 11 is 0. The molecule has 1 aliphatic rings. The van der Waals surface area contributed by atoms with E-state index in [0.717, 1.165) is 18.8 Å². The summed E-state index contributed by atoms with van der Waals surface area (Å²) in [5.74, 6) is 0.741. The molecule has 0 spiro atoms. The fraction of sp³-hybridized carbons (Fsp3) is 0.524. The number of anilines is 1. The van der Waals surface area contributed by atoms with Gasteiger partial charge in [0.15, 0.2) is 9.84 Å². The fourth-order valence-electron chi connectivity index (χ4n) is 3.78. The first kappa shape index (κ1) is 20.7. The van der Waals surface area contributed by atoms with Crippen LogP contribution in [0.1, 0.15) is 51.0 Å². The van der Waals surface area contributed by atoms with Crippen LogP contribution in [-0.2, 0) is 22.1 Å². The van der Waals surface area contributed by atoms with Gasteiger partial charge in [-0.1, -0.05) is 56.1 Å². The second-order valence-electron chi connectivity index (χ2n) is 7.58. The maximum atomic E-state index is 11.8. The molecule has 0 aliphatic carbocycles. The van der Waals surface area contributed by atoms with E-state index in [9.17, 15) is 13.5 Å². The molecule has 0 saturated heterocycles. The molecule has 152 valence electrons. The van der Waals surface area contributed by atoms with Crippen molar-refractivity contribution in [2.24, 2.45) is 0 Å². The molecule has 1 atom stereocenters. The van der Waals surface area contributed by atoms with Crippen LogP contribution in [0.2, 0.25) is 0 Å². The molecule has 0 saturated carbocycles. The van der Waals surface area contributed by atoms with E-state index in [1.165, 1.54) is 31.9 Å². The lowest BCUT2D eigenvalue weighted by Crippen LogP contribution is -2.46. The first-order chi connectivity index (χ1) is 13.4. The smallest absolute Gasteiger partial charge is 0.353 e. The summed E-state index contributed by atoms with van der Waals surface area (Å²) in [5.41, 5.74) is -0.558. The predicted molar refractivity (Wildman–Crippen MR) is 109 cm³/mol. The quantitative estimate of drug-likeness (QED) is 0.514. The van der Waals surface area contributed by atoms with Crippen LogP contribution in [0.4, 0.5) is 5.95 Å². The minimum atomic E-state index is -3.27. The van der Waals surface area contributed by atoms with E-state index in [0.29, 0.717) is 18.7 Å². The number of fused-ring (bicyclic) bond motifs is 1. The molecule has 2 heterocycles. The maximum absolute atomic E-state index is 11.8. The molecular weight excluding hydrogens is 374 g/mol. The first-order valence-corrected chi connectivity index (χ1v) is 11.9. The molecule has 1 N–H and O–H groups in total. The van der Waals surface area contributed by atoms with Gasteiger partial charge in [-0.25, -0.2) is 17.9 Å². The molecule has 1 aromatic carbocycles. The largest absolute Gasteiger partial charge is 0.396 e. The average Bonchev–Trinajstić information content (AvgIpc) is 2.97. The number of aromatic nitrogens is 2. The third kappa shape index (κ3) is 4.36. The molecule has 1 unspecified atom stereocenters. The third-order valence-corrected chi connectivity index (χ3v) is 6.49. The molecular formula is C21H30N3O3S+. The summed E-state index contributed by atoms with van der Waals surface area (Å²) < 4.78 is 25.4. The van der Waals surface area contributed by atoms with Crippen molar-refractivity contribution in [3.63, 3.8) is 0 Å². The van der Waals surface area contributed by atoms with Crippen molar-refractivity contribution in [3.05, 3.63) is 48.3 Å². The summed E-state index contributed by atoms with van der Waals surface area (Å²) in [7, 11) is -3.27. The standard InChI is InChI=1S/C21H30N3O3S/c1-3-4-5-6-7-8-16-24-20-22-14-9-15-23(20)17-21(24,25)18-10-12-19(13-11-18)28(2,26)27/h9-15,25H,3-8,16-17H2,1-2H3/q+1. The minimum Gasteiger partial charge on any atom is -0.353 e. The highest BCUT2D eigenvalue weighted by atomic mass is 32.2. The summed E-state index contributed by atoms with van der Waals surface area (Å²) in [4.78, 5) is 6.68. The lowest BCUT2D eigenvalue weighted by atomic mass is 10.0. The van der Waals surface area contributed by atoms with Gasteiger partial charge >= 0.3 is 5.95 Å². The maximum Gasteiger partial charge on any atom is 0.396 e. The van der Waals surface area contributed by atoms with Gasteiger partial charge in [0.2, 0.25) is 5.72 Å². The predicted octanol–water partition coefficient (Wildman–Crippen LogP) is 2.80. The first-order valence-electron chi connectivity index (χ1n) is 10.0.